The van der Waals surface area contributed by atoms with Crippen LogP contribution in [0.3, 0.4) is 0 Å². The number of hydrogen-bond donors (Lipinski definition) is 2. The SMILES string of the molecule is O=C(NC1CCNCC1)C1CCCC1. The summed E-state index contributed by atoms with van der Waals surface area (Å²) in [5, 5.41) is 6.49. The van der Waals surface area contributed by atoms with Crippen molar-refractivity contribution in [1.29, 1.82) is 0 Å². The van der Waals surface area contributed by atoms with Gasteiger partial charge in [0.05, 0.1) is 0 Å². The lowest BCUT2D eigenvalue weighted by molar-refractivity contribution is -0.125. The van der Waals surface area contributed by atoms with Crippen LogP contribution in [0.2, 0.25) is 0 Å². The lowest BCUT2D eigenvalue weighted by Crippen LogP contribution is -2.44. The van der Waals surface area contributed by atoms with Gasteiger partial charge in [-0.15, -0.1) is 0 Å². The minimum atomic E-state index is 0.314. The summed E-state index contributed by atoms with van der Waals surface area (Å²) in [6.45, 7) is 2.10. The smallest absolute Gasteiger partial charge is 0.223 e. The molecular formula is C11H20N2O. The van der Waals surface area contributed by atoms with E-state index in [9.17, 15) is 4.79 Å². The summed E-state index contributed by atoms with van der Waals surface area (Å²) in [6, 6.07) is 0.435. The molecule has 1 heterocycles. The van der Waals surface area contributed by atoms with Gasteiger partial charge in [-0.3, -0.25) is 4.79 Å². The molecule has 0 spiro atoms. The van der Waals surface area contributed by atoms with Crippen LogP contribution < -0.4 is 10.6 Å². The predicted molar refractivity (Wildman–Crippen MR) is 56.0 cm³/mol. The Morgan fingerprint density at radius 1 is 1.07 bits per heavy atom. The summed E-state index contributed by atoms with van der Waals surface area (Å²) in [6.07, 6.45) is 6.89. The molecule has 2 aliphatic rings. The number of carbonyl (C=O) groups excluding carboxylic acids is 1. The molecule has 2 fully saturated rings. The highest BCUT2D eigenvalue weighted by atomic mass is 16.1. The van der Waals surface area contributed by atoms with E-state index in [1.54, 1.807) is 0 Å². The molecule has 1 aliphatic heterocycles. The Bertz CT molecular complexity index is 193. The quantitative estimate of drug-likeness (QED) is 0.693. The topological polar surface area (TPSA) is 41.1 Å². The van der Waals surface area contributed by atoms with E-state index < -0.39 is 0 Å². The second kappa shape index (κ2) is 4.78. The molecule has 14 heavy (non-hydrogen) atoms. The first-order valence-corrected chi connectivity index (χ1v) is 5.87. The first-order valence-electron chi connectivity index (χ1n) is 5.87. The van der Waals surface area contributed by atoms with Crippen LogP contribution in [-0.4, -0.2) is 25.0 Å². The van der Waals surface area contributed by atoms with Crippen molar-refractivity contribution >= 4 is 5.91 Å². The van der Waals surface area contributed by atoms with Crippen LogP contribution in [0.4, 0.5) is 0 Å². The van der Waals surface area contributed by atoms with E-state index in [0.717, 1.165) is 38.8 Å². The van der Waals surface area contributed by atoms with Gasteiger partial charge in [-0.2, -0.15) is 0 Å². The summed E-state index contributed by atoms with van der Waals surface area (Å²) >= 11 is 0. The number of amides is 1. The molecule has 2 N–H and O–H groups in total. The Kier molecular flexibility index (Phi) is 3.40. The van der Waals surface area contributed by atoms with Crippen LogP contribution in [-0.2, 0) is 4.79 Å². The third-order valence-electron chi connectivity index (χ3n) is 3.41. The first kappa shape index (κ1) is 9.97. The Morgan fingerprint density at radius 3 is 2.36 bits per heavy atom. The van der Waals surface area contributed by atoms with Crippen LogP contribution >= 0.6 is 0 Å². The number of carbonyl (C=O) groups is 1. The van der Waals surface area contributed by atoms with Crippen molar-refractivity contribution in [3.05, 3.63) is 0 Å². The molecule has 0 aromatic carbocycles. The third-order valence-corrected chi connectivity index (χ3v) is 3.41. The van der Waals surface area contributed by atoms with E-state index in [0.29, 0.717) is 17.9 Å². The first-order chi connectivity index (χ1) is 6.86. The number of hydrogen-bond acceptors (Lipinski definition) is 2. The molecule has 3 nitrogen and oxygen atoms in total. The maximum absolute atomic E-state index is 11.8. The lowest BCUT2D eigenvalue weighted by atomic mass is 10.0. The Hall–Kier alpha value is -0.570. The summed E-state index contributed by atoms with van der Waals surface area (Å²) < 4.78 is 0. The Morgan fingerprint density at radius 2 is 1.71 bits per heavy atom. The van der Waals surface area contributed by atoms with Gasteiger partial charge >= 0.3 is 0 Å². The molecule has 0 bridgehead atoms. The fourth-order valence-electron chi connectivity index (χ4n) is 2.47. The lowest BCUT2D eigenvalue weighted by Gasteiger charge is -2.25. The zero-order valence-corrected chi connectivity index (χ0v) is 8.72. The van der Waals surface area contributed by atoms with Gasteiger partial charge in [0, 0.05) is 12.0 Å². The summed E-state index contributed by atoms with van der Waals surface area (Å²) in [4.78, 5) is 11.8. The van der Waals surface area contributed by atoms with Gasteiger partial charge in [-0.05, 0) is 38.8 Å². The highest BCUT2D eigenvalue weighted by Crippen LogP contribution is 2.24. The molecule has 2 rings (SSSR count). The molecule has 0 radical (unpaired) electrons. The van der Waals surface area contributed by atoms with Crippen molar-refractivity contribution in [3.8, 4) is 0 Å². The minimum absolute atomic E-state index is 0.314. The second-order valence-corrected chi connectivity index (χ2v) is 4.51. The van der Waals surface area contributed by atoms with E-state index in [-0.39, 0.29) is 0 Å². The van der Waals surface area contributed by atoms with Crippen LogP contribution in [0.15, 0.2) is 0 Å². The number of piperidine rings is 1. The molecule has 0 unspecified atom stereocenters. The van der Waals surface area contributed by atoms with Crippen molar-refractivity contribution in [3.63, 3.8) is 0 Å². The van der Waals surface area contributed by atoms with E-state index in [4.69, 9.17) is 0 Å². The zero-order valence-electron chi connectivity index (χ0n) is 8.72. The predicted octanol–water partition coefficient (Wildman–Crippen LogP) is 1.04. The standard InChI is InChI=1S/C11H20N2O/c14-11(9-3-1-2-4-9)13-10-5-7-12-8-6-10/h9-10,12H,1-8H2,(H,13,14). The number of rotatable bonds is 2. The van der Waals surface area contributed by atoms with Gasteiger partial charge in [-0.25, -0.2) is 0 Å². The average Bonchev–Trinajstić information content (AvgIpc) is 2.72. The minimum Gasteiger partial charge on any atom is -0.353 e. The molecule has 1 aliphatic carbocycles. The van der Waals surface area contributed by atoms with E-state index in [1.807, 2.05) is 0 Å². The van der Waals surface area contributed by atoms with Crippen molar-refractivity contribution < 1.29 is 4.79 Å². The molecule has 1 saturated heterocycles. The van der Waals surface area contributed by atoms with Gasteiger partial charge in [0.2, 0.25) is 5.91 Å². The van der Waals surface area contributed by atoms with Crippen LogP contribution in [0.1, 0.15) is 38.5 Å². The van der Waals surface area contributed by atoms with Crippen LogP contribution in [0.25, 0.3) is 0 Å². The van der Waals surface area contributed by atoms with Crippen molar-refractivity contribution in [2.45, 2.75) is 44.6 Å². The normalized spacial score (nSPS) is 25.1. The summed E-state index contributed by atoms with van der Waals surface area (Å²) in [5.74, 6) is 0.638. The molecule has 0 atom stereocenters. The van der Waals surface area contributed by atoms with Gasteiger partial charge in [-0.1, -0.05) is 12.8 Å². The molecule has 80 valence electrons. The second-order valence-electron chi connectivity index (χ2n) is 4.51. The van der Waals surface area contributed by atoms with E-state index in [1.165, 1.54) is 12.8 Å². The van der Waals surface area contributed by atoms with Crippen molar-refractivity contribution in [1.82, 2.24) is 10.6 Å². The summed E-state index contributed by atoms with van der Waals surface area (Å²) in [5.41, 5.74) is 0. The number of nitrogens with one attached hydrogen (secondary N) is 2. The Labute approximate surface area is 85.6 Å². The van der Waals surface area contributed by atoms with E-state index in [2.05, 4.69) is 10.6 Å². The maximum Gasteiger partial charge on any atom is 0.223 e. The maximum atomic E-state index is 11.8. The monoisotopic (exact) mass is 196 g/mol. The molecular weight excluding hydrogens is 176 g/mol. The largest absolute Gasteiger partial charge is 0.353 e. The fraction of sp³-hybridized carbons (Fsp3) is 0.909. The van der Waals surface area contributed by atoms with E-state index >= 15 is 0 Å². The molecule has 0 aromatic rings. The summed E-state index contributed by atoms with van der Waals surface area (Å²) in [7, 11) is 0. The molecule has 1 saturated carbocycles. The zero-order chi connectivity index (χ0) is 9.80. The van der Waals surface area contributed by atoms with Gasteiger partial charge in [0.15, 0.2) is 0 Å². The highest BCUT2D eigenvalue weighted by molar-refractivity contribution is 5.79. The average molecular weight is 196 g/mol. The molecule has 3 heteroatoms. The van der Waals surface area contributed by atoms with Crippen molar-refractivity contribution in [2.24, 2.45) is 5.92 Å². The molecule has 0 aromatic heterocycles. The van der Waals surface area contributed by atoms with Crippen LogP contribution in [0, 0.1) is 5.92 Å². The van der Waals surface area contributed by atoms with Gasteiger partial charge in [0.1, 0.15) is 0 Å². The van der Waals surface area contributed by atoms with Crippen LogP contribution in [0.5, 0.6) is 0 Å². The van der Waals surface area contributed by atoms with Gasteiger partial charge < -0.3 is 10.6 Å². The fourth-order valence-corrected chi connectivity index (χ4v) is 2.47. The molecule has 1 amide bonds. The van der Waals surface area contributed by atoms with Gasteiger partial charge in [0.25, 0.3) is 0 Å². The Balaban J connectivity index is 1.75. The third kappa shape index (κ3) is 2.47. The van der Waals surface area contributed by atoms with Crippen molar-refractivity contribution in [2.75, 3.05) is 13.1 Å². The highest BCUT2D eigenvalue weighted by Gasteiger charge is 2.24.